The van der Waals surface area contributed by atoms with E-state index in [0.29, 0.717) is 4.86 Å². The van der Waals surface area contributed by atoms with Crippen LogP contribution < -0.4 is 5.43 Å². The van der Waals surface area contributed by atoms with Crippen molar-refractivity contribution in [1.29, 1.82) is 0 Å². The molecule has 0 fully saturated rings. The lowest BCUT2D eigenvalue weighted by Crippen LogP contribution is -1.98. The Labute approximate surface area is 77.5 Å². The SMILES string of the molecule is Cc1ccc(C)c(N/N=[N+](/C)[O-])c1. The molecule has 0 unspecified atom stereocenters. The van der Waals surface area contributed by atoms with Crippen molar-refractivity contribution in [2.75, 3.05) is 12.5 Å². The lowest BCUT2D eigenvalue weighted by Gasteiger charge is -2.01. The van der Waals surface area contributed by atoms with Crippen molar-refractivity contribution < 1.29 is 4.86 Å². The number of benzene rings is 1. The first-order chi connectivity index (χ1) is 6.09. The molecule has 0 aliphatic carbocycles. The first kappa shape index (κ1) is 9.51. The molecule has 1 rings (SSSR count). The highest BCUT2D eigenvalue weighted by Crippen LogP contribution is 2.15. The highest BCUT2D eigenvalue weighted by molar-refractivity contribution is 5.51. The van der Waals surface area contributed by atoms with Gasteiger partial charge in [0.2, 0.25) is 0 Å². The predicted molar refractivity (Wildman–Crippen MR) is 51.5 cm³/mol. The summed E-state index contributed by atoms with van der Waals surface area (Å²) in [5.41, 5.74) is 5.76. The number of rotatable bonds is 2. The Balaban J connectivity index is 2.87. The maximum atomic E-state index is 10.5. The first-order valence-corrected chi connectivity index (χ1v) is 4.04. The van der Waals surface area contributed by atoms with Crippen molar-refractivity contribution >= 4 is 5.69 Å². The van der Waals surface area contributed by atoms with Crippen LogP contribution in [0.1, 0.15) is 11.1 Å². The van der Waals surface area contributed by atoms with Gasteiger partial charge in [-0.1, -0.05) is 12.1 Å². The Morgan fingerprint density at radius 3 is 2.69 bits per heavy atom. The molecule has 13 heavy (non-hydrogen) atoms. The van der Waals surface area contributed by atoms with Gasteiger partial charge in [-0.15, -0.1) is 5.43 Å². The Bertz CT molecular complexity index is 330. The molecule has 0 amide bonds. The Hall–Kier alpha value is -1.58. The fourth-order valence-electron chi connectivity index (χ4n) is 0.981. The summed E-state index contributed by atoms with van der Waals surface area (Å²) in [6.07, 6.45) is 0. The molecular formula is C9H13N3O. The minimum Gasteiger partial charge on any atom is -0.696 e. The molecule has 0 radical (unpaired) electrons. The van der Waals surface area contributed by atoms with Gasteiger partial charge < -0.3 is 5.21 Å². The molecule has 70 valence electrons. The Morgan fingerprint density at radius 1 is 1.38 bits per heavy atom. The second-order valence-corrected chi connectivity index (χ2v) is 2.99. The van der Waals surface area contributed by atoms with Crippen molar-refractivity contribution in [3.63, 3.8) is 0 Å². The zero-order valence-corrected chi connectivity index (χ0v) is 8.03. The number of hydrogen-bond acceptors (Lipinski definition) is 2. The molecule has 1 N–H and O–H groups in total. The standard InChI is InChI=1S/C9H13N3O/c1-7-4-5-8(2)9(6-7)10-11-12(3)13/h4-6,10H,1-3H3/b12-11-. The zero-order chi connectivity index (χ0) is 9.84. The van der Waals surface area contributed by atoms with E-state index >= 15 is 0 Å². The number of hydroxylamine groups is 1. The molecule has 1 aromatic carbocycles. The number of hydrogen-bond donors (Lipinski definition) is 1. The number of nitrogens with one attached hydrogen (secondary N) is 1. The predicted octanol–water partition coefficient (Wildman–Crippen LogP) is 2.22. The summed E-state index contributed by atoms with van der Waals surface area (Å²) >= 11 is 0. The van der Waals surface area contributed by atoms with Crippen LogP contribution in [0.3, 0.4) is 0 Å². The summed E-state index contributed by atoms with van der Waals surface area (Å²) in [4.78, 5) is 0.488. The first-order valence-electron chi connectivity index (χ1n) is 4.04. The molecule has 0 bridgehead atoms. The van der Waals surface area contributed by atoms with Crippen LogP contribution >= 0.6 is 0 Å². The molecule has 1 aromatic rings. The summed E-state index contributed by atoms with van der Waals surface area (Å²) < 4.78 is 0. The number of anilines is 1. The van der Waals surface area contributed by atoms with E-state index in [1.165, 1.54) is 7.05 Å². The van der Waals surface area contributed by atoms with Crippen LogP contribution in [0.15, 0.2) is 23.4 Å². The maximum Gasteiger partial charge on any atom is 0.150 e. The van der Waals surface area contributed by atoms with Gasteiger partial charge in [0, 0.05) is 0 Å². The lowest BCUT2D eigenvalue weighted by molar-refractivity contribution is -0.497. The Kier molecular flexibility index (Phi) is 2.84. The highest BCUT2D eigenvalue weighted by atomic mass is 16.5. The molecular weight excluding hydrogens is 166 g/mol. The van der Waals surface area contributed by atoms with Crippen LogP contribution in [0, 0.1) is 19.1 Å². The van der Waals surface area contributed by atoms with Gasteiger partial charge in [0.05, 0.1) is 5.22 Å². The van der Waals surface area contributed by atoms with E-state index < -0.39 is 0 Å². The van der Waals surface area contributed by atoms with Gasteiger partial charge in [0.1, 0.15) is 12.7 Å². The van der Waals surface area contributed by atoms with Crippen molar-refractivity contribution in [2.45, 2.75) is 13.8 Å². The third-order valence-corrected chi connectivity index (χ3v) is 1.70. The van der Waals surface area contributed by atoms with E-state index in [4.69, 9.17) is 0 Å². The summed E-state index contributed by atoms with van der Waals surface area (Å²) in [5.74, 6) is 0. The van der Waals surface area contributed by atoms with Crippen molar-refractivity contribution in [3.8, 4) is 0 Å². The summed E-state index contributed by atoms with van der Waals surface area (Å²) in [7, 11) is 1.33. The van der Waals surface area contributed by atoms with Gasteiger partial charge in [-0.05, 0) is 31.0 Å². The third kappa shape index (κ3) is 2.74. The van der Waals surface area contributed by atoms with Crippen molar-refractivity contribution in [2.24, 2.45) is 5.22 Å². The molecule has 4 heteroatoms. The van der Waals surface area contributed by atoms with Gasteiger partial charge in [0.25, 0.3) is 0 Å². The van der Waals surface area contributed by atoms with Crippen LogP contribution in [-0.4, -0.2) is 11.9 Å². The van der Waals surface area contributed by atoms with E-state index in [0.717, 1.165) is 16.8 Å². The van der Waals surface area contributed by atoms with Gasteiger partial charge in [-0.25, -0.2) is 0 Å². The average Bonchev–Trinajstić information content (AvgIpc) is 2.06. The smallest absolute Gasteiger partial charge is 0.150 e. The van der Waals surface area contributed by atoms with E-state index in [9.17, 15) is 5.21 Å². The van der Waals surface area contributed by atoms with Crippen LogP contribution in [0.5, 0.6) is 0 Å². The second kappa shape index (κ2) is 3.89. The molecule has 0 aliphatic rings. The monoisotopic (exact) mass is 179 g/mol. The highest BCUT2D eigenvalue weighted by Gasteiger charge is 2.00. The summed E-state index contributed by atoms with van der Waals surface area (Å²) in [5, 5.41) is 14.0. The zero-order valence-electron chi connectivity index (χ0n) is 8.03. The van der Waals surface area contributed by atoms with E-state index in [1.807, 2.05) is 32.0 Å². The quantitative estimate of drug-likeness (QED) is 0.430. The lowest BCUT2D eigenvalue weighted by atomic mass is 10.1. The van der Waals surface area contributed by atoms with Gasteiger partial charge >= 0.3 is 0 Å². The molecule has 0 saturated carbocycles. The van der Waals surface area contributed by atoms with E-state index in [-0.39, 0.29) is 0 Å². The largest absolute Gasteiger partial charge is 0.696 e. The van der Waals surface area contributed by atoms with Gasteiger partial charge in [-0.3, -0.25) is 0 Å². The summed E-state index contributed by atoms with van der Waals surface area (Å²) in [6, 6.07) is 5.95. The molecule has 0 heterocycles. The van der Waals surface area contributed by atoms with Gasteiger partial charge in [0.15, 0.2) is 0 Å². The molecule has 0 aromatic heterocycles. The summed E-state index contributed by atoms with van der Waals surface area (Å²) in [6.45, 7) is 3.95. The molecule has 0 atom stereocenters. The van der Waals surface area contributed by atoms with Crippen molar-refractivity contribution in [1.82, 2.24) is 0 Å². The topological polar surface area (TPSA) is 50.5 Å². The number of aryl methyl sites for hydroxylation is 2. The Morgan fingerprint density at radius 2 is 2.08 bits per heavy atom. The second-order valence-electron chi connectivity index (χ2n) is 2.99. The molecule has 0 aliphatic heterocycles. The van der Waals surface area contributed by atoms with E-state index in [2.05, 4.69) is 10.6 Å². The minimum absolute atomic E-state index is 0.488. The van der Waals surface area contributed by atoms with Crippen LogP contribution in [0.2, 0.25) is 0 Å². The third-order valence-electron chi connectivity index (χ3n) is 1.70. The minimum atomic E-state index is 0.488. The van der Waals surface area contributed by atoms with Crippen LogP contribution in [-0.2, 0) is 0 Å². The van der Waals surface area contributed by atoms with Crippen LogP contribution in [0.4, 0.5) is 5.69 Å². The molecule has 0 spiro atoms. The van der Waals surface area contributed by atoms with E-state index in [1.54, 1.807) is 0 Å². The fourth-order valence-corrected chi connectivity index (χ4v) is 0.981. The maximum absolute atomic E-state index is 10.5. The average molecular weight is 179 g/mol. The fraction of sp³-hybridized carbons (Fsp3) is 0.333. The number of nitrogens with zero attached hydrogens (tertiary/aromatic N) is 2. The molecule has 4 nitrogen and oxygen atoms in total. The normalized spacial score (nSPS) is 11.5. The van der Waals surface area contributed by atoms with Crippen molar-refractivity contribution in [3.05, 3.63) is 34.5 Å². The van der Waals surface area contributed by atoms with Gasteiger partial charge in [-0.2, -0.15) is 4.86 Å². The molecule has 0 saturated heterocycles. The van der Waals surface area contributed by atoms with Crippen LogP contribution in [0.25, 0.3) is 0 Å².